The topological polar surface area (TPSA) is 35.5 Å². The van der Waals surface area contributed by atoms with Gasteiger partial charge in [-0.05, 0) is 38.9 Å². The van der Waals surface area contributed by atoms with Crippen LogP contribution in [0.4, 0.5) is 0 Å². The molecule has 0 spiro atoms. The van der Waals surface area contributed by atoms with Crippen LogP contribution >= 0.6 is 0 Å². The first-order chi connectivity index (χ1) is 6.22. The van der Waals surface area contributed by atoms with Crippen molar-refractivity contribution in [2.75, 3.05) is 33.2 Å². The van der Waals surface area contributed by atoms with Crippen molar-refractivity contribution in [3.8, 4) is 0 Å². The summed E-state index contributed by atoms with van der Waals surface area (Å²) in [6.07, 6.45) is 2.36. The average Bonchev–Trinajstić information content (AvgIpc) is 2.09. The molecule has 78 valence electrons. The molecule has 0 aromatic rings. The third kappa shape index (κ3) is 4.07. The van der Waals surface area contributed by atoms with E-state index in [0.717, 1.165) is 25.6 Å². The van der Waals surface area contributed by atoms with Crippen LogP contribution in [0.3, 0.4) is 0 Å². The Hall–Kier alpha value is -0.120. The van der Waals surface area contributed by atoms with Crippen molar-refractivity contribution in [1.82, 2.24) is 10.2 Å². The number of likely N-dealkylation sites (tertiary alicyclic amines) is 1. The fraction of sp³-hybridized carbons (Fsp3) is 1.00. The van der Waals surface area contributed by atoms with Gasteiger partial charge in [-0.25, -0.2) is 0 Å². The standard InChI is InChI=1S/C10H22N2O/c1-9-3-5-12(6-4-9)8-10(13)7-11-2/h9-11,13H,3-8H2,1-2H3/t10-/m0/s1. The molecule has 0 unspecified atom stereocenters. The molecule has 1 aliphatic rings. The van der Waals surface area contributed by atoms with Crippen LogP contribution in [0.25, 0.3) is 0 Å². The smallest absolute Gasteiger partial charge is 0.0791 e. The number of aliphatic hydroxyl groups is 1. The van der Waals surface area contributed by atoms with Crippen molar-refractivity contribution in [3.63, 3.8) is 0 Å². The second-order valence-electron chi connectivity index (χ2n) is 4.19. The highest BCUT2D eigenvalue weighted by molar-refractivity contribution is 4.72. The molecule has 0 saturated carbocycles. The van der Waals surface area contributed by atoms with Gasteiger partial charge in [0.15, 0.2) is 0 Å². The third-order valence-electron chi connectivity index (χ3n) is 2.78. The average molecular weight is 186 g/mol. The highest BCUT2D eigenvalue weighted by Crippen LogP contribution is 2.15. The predicted octanol–water partition coefficient (Wildman–Crippen LogP) is 0.299. The summed E-state index contributed by atoms with van der Waals surface area (Å²) in [4.78, 5) is 2.36. The first-order valence-corrected chi connectivity index (χ1v) is 5.27. The van der Waals surface area contributed by atoms with Gasteiger partial charge in [0, 0.05) is 13.1 Å². The van der Waals surface area contributed by atoms with E-state index in [4.69, 9.17) is 0 Å². The van der Waals surface area contributed by atoms with E-state index in [1.807, 2.05) is 7.05 Å². The first-order valence-electron chi connectivity index (χ1n) is 5.27. The Morgan fingerprint density at radius 3 is 2.62 bits per heavy atom. The molecule has 0 aromatic carbocycles. The molecular formula is C10H22N2O. The Labute approximate surface area is 81.1 Å². The Morgan fingerprint density at radius 1 is 1.46 bits per heavy atom. The largest absolute Gasteiger partial charge is 0.390 e. The van der Waals surface area contributed by atoms with Crippen molar-refractivity contribution < 1.29 is 5.11 Å². The summed E-state index contributed by atoms with van der Waals surface area (Å²) in [5.41, 5.74) is 0. The van der Waals surface area contributed by atoms with E-state index in [-0.39, 0.29) is 6.10 Å². The number of piperidine rings is 1. The van der Waals surface area contributed by atoms with Crippen LogP contribution in [-0.4, -0.2) is 49.3 Å². The normalized spacial score (nSPS) is 23.3. The number of likely N-dealkylation sites (N-methyl/N-ethyl adjacent to an activating group) is 1. The van der Waals surface area contributed by atoms with Gasteiger partial charge in [-0.2, -0.15) is 0 Å². The van der Waals surface area contributed by atoms with E-state index in [9.17, 15) is 5.11 Å². The molecule has 3 heteroatoms. The number of rotatable bonds is 4. The maximum Gasteiger partial charge on any atom is 0.0791 e. The van der Waals surface area contributed by atoms with Crippen molar-refractivity contribution in [2.24, 2.45) is 5.92 Å². The van der Waals surface area contributed by atoms with E-state index in [1.54, 1.807) is 0 Å². The molecular weight excluding hydrogens is 164 g/mol. The van der Waals surface area contributed by atoms with Crippen molar-refractivity contribution in [1.29, 1.82) is 0 Å². The lowest BCUT2D eigenvalue weighted by atomic mass is 9.99. The second-order valence-corrected chi connectivity index (χ2v) is 4.19. The Morgan fingerprint density at radius 2 is 2.08 bits per heavy atom. The molecule has 1 rings (SSSR count). The molecule has 0 radical (unpaired) electrons. The molecule has 1 fully saturated rings. The lowest BCUT2D eigenvalue weighted by Gasteiger charge is -2.31. The van der Waals surface area contributed by atoms with Gasteiger partial charge < -0.3 is 15.3 Å². The predicted molar refractivity (Wildman–Crippen MR) is 54.8 cm³/mol. The number of nitrogens with one attached hydrogen (secondary N) is 1. The Kier molecular flexibility index (Phi) is 4.70. The zero-order valence-electron chi connectivity index (χ0n) is 8.79. The van der Waals surface area contributed by atoms with Crippen LogP contribution in [-0.2, 0) is 0 Å². The molecule has 1 saturated heterocycles. The summed E-state index contributed by atoms with van der Waals surface area (Å²) in [5, 5.41) is 12.6. The van der Waals surface area contributed by atoms with Crippen molar-refractivity contribution >= 4 is 0 Å². The molecule has 0 amide bonds. The van der Waals surface area contributed by atoms with Gasteiger partial charge in [-0.1, -0.05) is 6.92 Å². The first kappa shape index (κ1) is 11.0. The third-order valence-corrected chi connectivity index (χ3v) is 2.78. The Balaban J connectivity index is 2.14. The fourth-order valence-corrected chi connectivity index (χ4v) is 1.84. The van der Waals surface area contributed by atoms with E-state index in [1.165, 1.54) is 12.8 Å². The molecule has 1 atom stereocenters. The molecule has 13 heavy (non-hydrogen) atoms. The van der Waals surface area contributed by atoms with E-state index in [0.29, 0.717) is 6.54 Å². The number of β-amino-alcohol motifs (C(OH)–C–C–N with tert-alkyl or cyclic N) is 1. The minimum Gasteiger partial charge on any atom is -0.390 e. The van der Waals surface area contributed by atoms with Gasteiger partial charge in [-0.3, -0.25) is 0 Å². The quantitative estimate of drug-likeness (QED) is 0.663. The number of hydrogen-bond acceptors (Lipinski definition) is 3. The summed E-state index contributed by atoms with van der Waals surface area (Å²) in [7, 11) is 1.88. The summed E-state index contributed by atoms with van der Waals surface area (Å²) < 4.78 is 0. The lowest BCUT2D eigenvalue weighted by molar-refractivity contribution is 0.0922. The molecule has 1 aliphatic heterocycles. The molecule has 3 nitrogen and oxygen atoms in total. The van der Waals surface area contributed by atoms with Crippen LogP contribution in [0.5, 0.6) is 0 Å². The SMILES string of the molecule is CNC[C@H](O)CN1CCC(C)CC1. The molecule has 0 aliphatic carbocycles. The lowest BCUT2D eigenvalue weighted by Crippen LogP contribution is -2.41. The van der Waals surface area contributed by atoms with Gasteiger partial charge in [0.25, 0.3) is 0 Å². The van der Waals surface area contributed by atoms with Gasteiger partial charge in [0.2, 0.25) is 0 Å². The molecule has 2 N–H and O–H groups in total. The highest BCUT2D eigenvalue weighted by Gasteiger charge is 2.17. The number of hydrogen-bond donors (Lipinski definition) is 2. The van der Waals surface area contributed by atoms with Gasteiger partial charge >= 0.3 is 0 Å². The number of nitrogens with zero attached hydrogens (tertiary/aromatic N) is 1. The highest BCUT2D eigenvalue weighted by atomic mass is 16.3. The van der Waals surface area contributed by atoms with E-state index in [2.05, 4.69) is 17.1 Å². The summed E-state index contributed by atoms with van der Waals surface area (Å²) in [6.45, 7) is 6.14. The van der Waals surface area contributed by atoms with Crippen LogP contribution in [0.1, 0.15) is 19.8 Å². The Bertz CT molecular complexity index is 133. The zero-order valence-corrected chi connectivity index (χ0v) is 8.79. The minimum atomic E-state index is -0.210. The number of aliphatic hydroxyl groups excluding tert-OH is 1. The van der Waals surface area contributed by atoms with Crippen molar-refractivity contribution in [2.45, 2.75) is 25.9 Å². The van der Waals surface area contributed by atoms with Gasteiger partial charge in [0.1, 0.15) is 0 Å². The second kappa shape index (κ2) is 5.58. The summed E-state index contributed by atoms with van der Waals surface area (Å²) in [5.74, 6) is 0.873. The van der Waals surface area contributed by atoms with Crippen molar-refractivity contribution in [3.05, 3.63) is 0 Å². The zero-order chi connectivity index (χ0) is 9.68. The minimum absolute atomic E-state index is 0.210. The fourth-order valence-electron chi connectivity index (χ4n) is 1.84. The van der Waals surface area contributed by atoms with Crippen LogP contribution in [0.2, 0.25) is 0 Å². The van der Waals surface area contributed by atoms with E-state index >= 15 is 0 Å². The monoisotopic (exact) mass is 186 g/mol. The van der Waals surface area contributed by atoms with Crippen LogP contribution in [0, 0.1) is 5.92 Å². The summed E-state index contributed by atoms with van der Waals surface area (Å²) >= 11 is 0. The molecule has 1 heterocycles. The maximum atomic E-state index is 9.56. The molecule has 0 bridgehead atoms. The molecule has 0 aromatic heterocycles. The van der Waals surface area contributed by atoms with Crippen LogP contribution < -0.4 is 5.32 Å². The van der Waals surface area contributed by atoms with Crippen LogP contribution in [0.15, 0.2) is 0 Å². The van der Waals surface area contributed by atoms with Gasteiger partial charge in [0.05, 0.1) is 6.10 Å². The van der Waals surface area contributed by atoms with Gasteiger partial charge in [-0.15, -0.1) is 0 Å². The maximum absolute atomic E-state index is 9.56. The van der Waals surface area contributed by atoms with E-state index < -0.39 is 0 Å². The summed E-state index contributed by atoms with van der Waals surface area (Å²) in [6, 6.07) is 0.